The minimum Gasteiger partial charge on any atom is -0.451 e. The second kappa shape index (κ2) is 8.49. The Balaban J connectivity index is 1.55. The lowest BCUT2D eigenvalue weighted by Crippen LogP contribution is -2.49. The van der Waals surface area contributed by atoms with Gasteiger partial charge in [-0.25, -0.2) is 9.78 Å². The number of hydrogen-bond acceptors (Lipinski definition) is 6. The van der Waals surface area contributed by atoms with E-state index in [1.54, 1.807) is 11.5 Å². The van der Waals surface area contributed by atoms with Gasteiger partial charge in [0.05, 0.1) is 5.39 Å². The number of carbonyl (C=O) groups excluding carboxylic acids is 2. The van der Waals surface area contributed by atoms with Gasteiger partial charge < -0.3 is 9.64 Å². The molecular weight excluding hydrogens is 402 g/mol. The molecule has 0 aliphatic carbocycles. The summed E-state index contributed by atoms with van der Waals surface area (Å²) in [7, 11) is 0. The van der Waals surface area contributed by atoms with Crippen molar-refractivity contribution in [3.8, 4) is 0 Å². The lowest BCUT2D eigenvalue weighted by Gasteiger charge is -2.38. The van der Waals surface area contributed by atoms with Crippen LogP contribution in [0.25, 0.3) is 10.2 Å². The van der Waals surface area contributed by atoms with Gasteiger partial charge in [0.15, 0.2) is 6.61 Å². The van der Waals surface area contributed by atoms with E-state index in [2.05, 4.69) is 4.98 Å². The molecule has 2 aliphatic rings. The average Bonchev–Trinajstić information content (AvgIpc) is 2.87. The molecule has 1 fully saturated rings. The van der Waals surface area contributed by atoms with Gasteiger partial charge in [-0.05, 0) is 58.4 Å². The Labute approximate surface area is 180 Å². The Hall–Kier alpha value is -2.22. The van der Waals surface area contributed by atoms with Crippen LogP contribution in [0.5, 0.6) is 0 Å². The average molecular weight is 432 g/mol. The Morgan fingerprint density at radius 3 is 2.60 bits per heavy atom. The molecule has 2 aliphatic heterocycles. The van der Waals surface area contributed by atoms with Gasteiger partial charge in [-0.2, -0.15) is 0 Å². The molecule has 0 N–H and O–H groups in total. The van der Waals surface area contributed by atoms with E-state index >= 15 is 0 Å². The number of carbonyl (C=O) groups is 2. The number of esters is 1. The van der Waals surface area contributed by atoms with Crippen molar-refractivity contribution in [1.29, 1.82) is 0 Å². The van der Waals surface area contributed by atoms with E-state index in [9.17, 15) is 14.4 Å². The second-order valence-corrected chi connectivity index (χ2v) is 9.54. The lowest BCUT2D eigenvalue weighted by molar-refractivity contribution is -0.140. The highest BCUT2D eigenvalue weighted by Crippen LogP contribution is 2.29. The molecule has 162 valence electrons. The number of amides is 1. The van der Waals surface area contributed by atoms with Crippen LogP contribution in [0, 0.1) is 6.92 Å². The first-order valence-corrected chi connectivity index (χ1v) is 11.7. The van der Waals surface area contributed by atoms with Crippen molar-refractivity contribution < 1.29 is 14.3 Å². The minimum atomic E-state index is -0.555. The van der Waals surface area contributed by atoms with Crippen LogP contribution >= 0.6 is 11.3 Å². The number of rotatable bonds is 3. The minimum absolute atomic E-state index is 0.0725. The topological polar surface area (TPSA) is 81.5 Å². The fraction of sp³-hybridized carbons (Fsp3) is 0.636. The van der Waals surface area contributed by atoms with Crippen molar-refractivity contribution in [3.63, 3.8) is 0 Å². The Morgan fingerprint density at radius 1 is 1.13 bits per heavy atom. The maximum absolute atomic E-state index is 13.0. The van der Waals surface area contributed by atoms with E-state index in [1.165, 1.54) is 11.3 Å². The van der Waals surface area contributed by atoms with Gasteiger partial charge in [0.25, 0.3) is 11.5 Å². The quantitative estimate of drug-likeness (QED) is 0.696. The van der Waals surface area contributed by atoms with Crippen LogP contribution in [0.15, 0.2) is 4.79 Å². The molecule has 7 nitrogen and oxygen atoms in total. The van der Waals surface area contributed by atoms with Gasteiger partial charge in [-0.3, -0.25) is 14.2 Å². The van der Waals surface area contributed by atoms with Gasteiger partial charge in [0.1, 0.15) is 15.5 Å². The molecule has 0 aromatic carbocycles. The van der Waals surface area contributed by atoms with Crippen molar-refractivity contribution in [2.45, 2.75) is 84.3 Å². The predicted molar refractivity (Wildman–Crippen MR) is 116 cm³/mol. The van der Waals surface area contributed by atoms with E-state index in [4.69, 9.17) is 4.74 Å². The number of fused-ring (bicyclic) bond motifs is 2. The van der Waals surface area contributed by atoms with Crippen LogP contribution in [-0.2, 0) is 22.5 Å². The summed E-state index contributed by atoms with van der Waals surface area (Å²) >= 11 is 1.19. The standard InChI is InChI=1S/C22H29N3O4S/c1-13-8-7-9-14(2)25(13)17(26)12-29-22(28)19-15(3)18-20(30-19)23-16-10-5-4-6-11-24(16)21(18)27/h13-14H,4-12H2,1-3H3. The summed E-state index contributed by atoms with van der Waals surface area (Å²) in [5.41, 5.74) is 0.529. The van der Waals surface area contributed by atoms with Crippen LogP contribution in [0.4, 0.5) is 0 Å². The summed E-state index contributed by atoms with van der Waals surface area (Å²) in [6, 6.07) is 0.316. The summed E-state index contributed by atoms with van der Waals surface area (Å²) in [6.07, 6.45) is 6.91. The predicted octanol–water partition coefficient (Wildman–Crippen LogP) is 3.44. The third-order valence-corrected chi connectivity index (χ3v) is 7.57. The van der Waals surface area contributed by atoms with E-state index < -0.39 is 5.97 Å². The first-order valence-electron chi connectivity index (χ1n) is 10.9. The first kappa shape index (κ1) is 21.0. The number of likely N-dealkylation sites (tertiary alicyclic amines) is 1. The summed E-state index contributed by atoms with van der Waals surface area (Å²) in [5, 5.41) is 0.502. The molecule has 0 saturated carbocycles. The Kier molecular flexibility index (Phi) is 5.95. The number of piperidine rings is 1. The maximum atomic E-state index is 13.0. The fourth-order valence-electron chi connectivity index (χ4n) is 4.78. The first-order chi connectivity index (χ1) is 14.4. The molecule has 4 heterocycles. The van der Waals surface area contributed by atoms with E-state index in [0.717, 1.165) is 50.8 Å². The largest absolute Gasteiger partial charge is 0.451 e. The van der Waals surface area contributed by atoms with Gasteiger partial charge in [0.2, 0.25) is 0 Å². The molecular formula is C22H29N3O4S. The maximum Gasteiger partial charge on any atom is 0.349 e. The van der Waals surface area contributed by atoms with Gasteiger partial charge in [-0.1, -0.05) is 6.42 Å². The van der Waals surface area contributed by atoms with E-state index in [1.807, 2.05) is 18.7 Å². The van der Waals surface area contributed by atoms with Crippen LogP contribution in [-0.4, -0.2) is 45.0 Å². The molecule has 0 radical (unpaired) electrons. The van der Waals surface area contributed by atoms with Crippen molar-refractivity contribution >= 4 is 33.4 Å². The Bertz CT molecular complexity index is 1030. The third kappa shape index (κ3) is 3.77. The number of hydrogen-bond donors (Lipinski definition) is 0. The van der Waals surface area contributed by atoms with E-state index in [0.29, 0.717) is 27.2 Å². The number of aryl methyl sites for hydroxylation is 2. The normalized spacial score (nSPS) is 21.9. The summed E-state index contributed by atoms with van der Waals surface area (Å²) in [4.78, 5) is 45.9. The van der Waals surface area contributed by atoms with Crippen molar-refractivity contribution in [2.75, 3.05) is 6.61 Å². The smallest absolute Gasteiger partial charge is 0.349 e. The molecule has 30 heavy (non-hydrogen) atoms. The second-order valence-electron chi connectivity index (χ2n) is 8.54. The zero-order valence-electron chi connectivity index (χ0n) is 17.9. The molecule has 8 heteroatoms. The van der Waals surface area contributed by atoms with E-state index in [-0.39, 0.29) is 30.2 Å². The number of aromatic nitrogens is 2. The molecule has 2 aromatic heterocycles. The molecule has 1 amide bonds. The monoisotopic (exact) mass is 431 g/mol. The lowest BCUT2D eigenvalue weighted by atomic mass is 9.97. The van der Waals surface area contributed by atoms with Crippen molar-refractivity contribution in [3.05, 3.63) is 26.6 Å². The molecule has 2 unspecified atom stereocenters. The van der Waals surface area contributed by atoms with Gasteiger partial charge in [-0.15, -0.1) is 11.3 Å². The molecule has 1 saturated heterocycles. The van der Waals surface area contributed by atoms with Gasteiger partial charge in [0, 0.05) is 25.0 Å². The SMILES string of the molecule is Cc1c(C(=O)OCC(=O)N2C(C)CCCC2C)sc2nc3n(c(=O)c12)CCCCC3. The molecule has 4 rings (SSSR count). The van der Waals surface area contributed by atoms with Crippen LogP contribution in [0.2, 0.25) is 0 Å². The summed E-state index contributed by atoms with van der Waals surface area (Å²) < 4.78 is 7.14. The molecule has 2 aromatic rings. The highest BCUT2D eigenvalue weighted by Gasteiger charge is 2.30. The van der Waals surface area contributed by atoms with Crippen LogP contribution in [0.1, 0.15) is 73.4 Å². The molecule has 2 atom stereocenters. The highest BCUT2D eigenvalue weighted by molar-refractivity contribution is 7.20. The zero-order chi connectivity index (χ0) is 21.4. The molecule has 0 bridgehead atoms. The van der Waals surface area contributed by atoms with Crippen molar-refractivity contribution in [1.82, 2.24) is 14.5 Å². The number of ether oxygens (including phenoxy) is 1. The zero-order valence-corrected chi connectivity index (χ0v) is 18.7. The Morgan fingerprint density at radius 2 is 1.87 bits per heavy atom. The van der Waals surface area contributed by atoms with Gasteiger partial charge >= 0.3 is 5.97 Å². The third-order valence-electron chi connectivity index (χ3n) is 6.41. The van der Waals surface area contributed by atoms with Crippen LogP contribution in [0.3, 0.4) is 0 Å². The molecule has 0 spiro atoms. The van der Waals surface area contributed by atoms with Crippen LogP contribution < -0.4 is 5.56 Å². The number of thiophene rings is 1. The van der Waals surface area contributed by atoms with Crippen molar-refractivity contribution in [2.24, 2.45) is 0 Å². The summed E-state index contributed by atoms with van der Waals surface area (Å²) in [6.45, 7) is 6.24. The summed E-state index contributed by atoms with van der Waals surface area (Å²) in [5.74, 6) is 0.0851. The highest BCUT2D eigenvalue weighted by atomic mass is 32.1. The number of nitrogens with zero attached hydrogens (tertiary/aromatic N) is 3. The fourth-order valence-corrected chi connectivity index (χ4v) is 5.87.